The summed E-state index contributed by atoms with van der Waals surface area (Å²) in [5, 5.41) is 2.91. The first kappa shape index (κ1) is 18.2. The van der Waals surface area contributed by atoms with Crippen LogP contribution in [0.25, 0.3) is 0 Å². The molecule has 0 spiro atoms. The van der Waals surface area contributed by atoms with Gasteiger partial charge >= 0.3 is 0 Å². The first-order valence-electron chi connectivity index (χ1n) is 8.76. The Morgan fingerprint density at radius 1 is 1.23 bits per heavy atom. The topological polar surface area (TPSA) is 71.8 Å². The third-order valence-corrected chi connectivity index (χ3v) is 4.87. The van der Waals surface area contributed by atoms with Crippen molar-refractivity contribution in [1.82, 2.24) is 10.2 Å². The van der Waals surface area contributed by atoms with E-state index in [9.17, 15) is 9.59 Å². The van der Waals surface area contributed by atoms with Crippen LogP contribution in [0.1, 0.15) is 27.6 Å². The number of carbonyl (C=O) groups is 2. The Labute approximate surface area is 153 Å². The lowest BCUT2D eigenvalue weighted by Crippen LogP contribution is -2.37. The lowest BCUT2D eigenvalue weighted by atomic mass is 9.86. The highest BCUT2D eigenvalue weighted by molar-refractivity contribution is 5.92. The number of aryl methyl sites for hydroxylation is 1. The third-order valence-electron chi connectivity index (χ3n) is 4.87. The quantitative estimate of drug-likeness (QED) is 0.806. The number of benzene rings is 1. The lowest BCUT2D eigenvalue weighted by molar-refractivity contribution is -0.125. The van der Waals surface area contributed by atoms with Crippen LogP contribution in [0.4, 0.5) is 0 Å². The van der Waals surface area contributed by atoms with Crippen molar-refractivity contribution in [3.63, 3.8) is 0 Å². The van der Waals surface area contributed by atoms with Crippen LogP contribution in [0, 0.1) is 12.8 Å². The molecule has 2 aromatic rings. The second-order valence-electron chi connectivity index (χ2n) is 6.54. The van der Waals surface area contributed by atoms with Crippen molar-refractivity contribution >= 4 is 11.8 Å². The zero-order chi connectivity index (χ0) is 18.5. The van der Waals surface area contributed by atoms with Gasteiger partial charge in [0.1, 0.15) is 0 Å². The molecule has 1 N–H and O–H groups in total. The monoisotopic (exact) mass is 356 g/mol. The highest BCUT2D eigenvalue weighted by atomic mass is 16.5. The summed E-state index contributed by atoms with van der Waals surface area (Å²) in [6, 6.07) is 11.4. The SMILES string of the molecule is COCCNC(=O)[C@H]1CN(C(=O)c2ccco2)C[C@H]1c1ccccc1C. The van der Waals surface area contributed by atoms with Gasteiger partial charge in [-0.1, -0.05) is 24.3 Å². The van der Waals surface area contributed by atoms with Crippen LogP contribution in [0.5, 0.6) is 0 Å². The van der Waals surface area contributed by atoms with E-state index < -0.39 is 0 Å². The van der Waals surface area contributed by atoms with Crippen LogP contribution >= 0.6 is 0 Å². The fourth-order valence-corrected chi connectivity index (χ4v) is 3.52. The summed E-state index contributed by atoms with van der Waals surface area (Å²) in [6.07, 6.45) is 1.48. The smallest absolute Gasteiger partial charge is 0.289 e. The molecule has 1 saturated heterocycles. The van der Waals surface area contributed by atoms with Gasteiger partial charge in [-0.05, 0) is 30.2 Å². The first-order chi connectivity index (χ1) is 12.6. The maximum absolute atomic E-state index is 12.7. The number of likely N-dealkylation sites (tertiary alicyclic amines) is 1. The largest absolute Gasteiger partial charge is 0.459 e. The minimum Gasteiger partial charge on any atom is -0.459 e. The van der Waals surface area contributed by atoms with Gasteiger partial charge < -0.3 is 19.4 Å². The van der Waals surface area contributed by atoms with Gasteiger partial charge in [0.25, 0.3) is 5.91 Å². The molecule has 0 aliphatic carbocycles. The maximum atomic E-state index is 12.7. The zero-order valence-corrected chi connectivity index (χ0v) is 15.1. The number of nitrogens with zero attached hydrogens (tertiary/aromatic N) is 1. The van der Waals surface area contributed by atoms with Crippen molar-refractivity contribution in [3.8, 4) is 0 Å². The molecule has 138 valence electrons. The molecule has 2 amide bonds. The second kappa shape index (κ2) is 8.19. The van der Waals surface area contributed by atoms with E-state index in [2.05, 4.69) is 5.32 Å². The molecule has 2 heterocycles. The molecular formula is C20H24N2O4. The Bertz CT molecular complexity index is 757. The summed E-state index contributed by atoms with van der Waals surface area (Å²) in [6.45, 7) is 3.82. The molecule has 1 fully saturated rings. The summed E-state index contributed by atoms with van der Waals surface area (Å²) in [5.41, 5.74) is 2.23. The molecule has 6 heteroatoms. The van der Waals surface area contributed by atoms with Crippen LogP contribution in [0.15, 0.2) is 47.1 Å². The van der Waals surface area contributed by atoms with Crippen molar-refractivity contribution in [3.05, 3.63) is 59.5 Å². The number of carbonyl (C=O) groups excluding carboxylic acids is 2. The Hall–Kier alpha value is -2.60. The molecule has 0 saturated carbocycles. The number of nitrogens with one attached hydrogen (secondary N) is 1. The highest BCUT2D eigenvalue weighted by Crippen LogP contribution is 2.35. The van der Waals surface area contributed by atoms with E-state index in [0.29, 0.717) is 32.0 Å². The summed E-state index contributed by atoms with van der Waals surface area (Å²) in [4.78, 5) is 27.1. The van der Waals surface area contributed by atoms with Crippen molar-refractivity contribution in [2.75, 3.05) is 33.4 Å². The average Bonchev–Trinajstić information content (AvgIpc) is 3.32. The zero-order valence-electron chi connectivity index (χ0n) is 15.1. The molecule has 6 nitrogen and oxygen atoms in total. The van der Waals surface area contributed by atoms with Crippen molar-refractivity contribution in [1.29, 1.82) is 0 Å². The molecule has 0 radical (unpaired) electrons. The Morgan fingerprint density at radius 2 is 2.04 bits per heavy atom. The number of rotatable bonds is 6. The number of furan rings is 1. The number of ether oxygens (including phenoxy) is 1. The first-order valence-corrected chi connectivity index (χ1v) is 8.76. The van der Waals surface area contributed by atoms with E-state index in [1.54, 1.807) is 24.1 Å². The Kier molecular flexibility index (Phi) is 5.73. The molecule has 26 heavy (non-hydrogen) atoms. The molecule has 1 aliphatic heterocycles. The summed E-state index contributed by atoms with van der Waals surface area (Å²) >= 11 is 0. The molecule has 1 aromatic heterocycles. The molecule has 1 aromatic carbocycles. The molecule has 2 atom stereocenters. The van der Waals surface area contributed by atoms with Crippen molar-refractivity contribution in [2.24, 2.45) is 5.92 Å². The highest BCUT2D eigenvalue weighted by Gasteiger charge is 2.41. The normalized spacial score (nSPS) is 19.5. The van der Waals surface area contributed by atoms with E-state index >= 15 is 0 Å². The van der Waals surface area contributed by atoms with Gasteiger partial charge in [0.2, 0.25) is 5.91 Å². The summed E-state index contributed by atoms with van der Waals surface area (Å²) < 4.78 is 10.2. The van der Waals surface area contributed by atoms with Gasteiger partial charge in [-0.25, -0.2) is 0 Å². The second-order valence-corrected chi connectivity index (χ2v) is 6.54. The van der Waals surface area contributed by atoms with E-state index in [1.165, 1.54) is 6.26 Å². The maximum Gasteiger partial charge on any atom is 0.289 e. The summed E-state index contributed by atoms with van der Waals surface area (Å²) in [7, 11) is 1.60. The molecule has 3 rings (SSSR count). The van der Waals surface area contributed by atoms with Gasteiger partial charge in [0.05, 0.1) is 18.8 Å². The van der Waals surface area contributed by atoms with Crippen LogP contribution < -0.4 is 5.32 Å². The van der Waals surface area contributed by atoms with Crippen LogP contribution in [-0.4, -0.2) is 50.1 Å². The lowest BCUT2D eigenvalue weighted by Gasteiger charge is -2.19. The van der Waals surface area contributed by atoms with Crippen molar-refractivity contribution in [2.45, 2.75) is 12.8 Å². The summed E-state index contributed by atoms with van der Waals surface area (Å²) in [5.74, 6) is -0.274. The fourth-order valence-electron chi connectivity index (χ4n) is 3.52. The molecule has 1 aliphatic rings. The average molecular weight is 356 g/mol. The van der Waals surface area contributed by atoms with E-state index in [-0.39, 0.29) is 23.7 Å². The van der Waals surface area contributed by atoms with Gasteiger partial charge in [0.15, 0.2) is 5.76 Å². The number of amides is 2. The Morgan fingerprint density at radius 3 is 2.73 bits per heavy atom. The molecular weight excluding hydrogens is 332 g/mol. The Balaban J connectivity index is 1.82. The minimum absolute atomic E-state index is 0.0438. The van der Waals surface area contributed by atoms with Crippen LogP contribution in [0.2, 0.25) is 0 Å². The number of hydrogen-bond donors (Lipinski definition) is 1. The van der Waals surface area contributed by atoms with E-state index in [0.717, 1.165) is 11.1 Å². The van der Waals surface area contributed by atoms with Gasteiger partial charge in [0, 0.05) is 32.7 Å². The predicted molar refractivity (Wildman–Crippen MR) is 96.9 cm³/mol. The predicted octanol–water partition coefficient (Wildman–Crippen LogP) is 2.21. The van der Waals surface area contributed by atoms with Gasteiger partial charge in [-0.15, -0.1) is 0 Å². The fraction of sp³-hybridized carbons (Fsp3) is 0.400. The number of methoxy groups -OCH3 is 1. The third kappa shape index (κ3) is 3.80. The minimum atomic E-state index is -0.299. The molecule has 0 unspecified atom stereocenters. The van der Waals surface area contributed by atoms with Crippen LogP contribution in [0.3, 0.4) is 0 Å². The van der Waals surface area contributed by atoms with E-state index in [1.807, 2.05) is 31.2 Å². The number of hydrogen-bond acceptors (Lipinski definition) is 4. The van der Waals surface area contributed by atoms with Gasteiger partial charge in [-0.2, -0.15) is 0 Å². The standard InChI is InChI=1S/C20H24N2O4/c1-14-6-3-4-7-15(14)16-12-22(20(24)18-8-5-10-26-18)13-17(16)19(23)21-9-11-25-2/h3-8,10,16-17H,9,11-13H2,1-2H3,(H,21,23)/t16-,17-/m0/s1. The van der Waals surface area contributed by atoms with E-state index in [4.69, 9.17) is 9.15 Å². The van der Waals surface area contributed by atoms with Gasteiger partial charge in [-0.3, -0.25) is 9.59 Å². The van der Waals surface area contributed by atoms with Crippen LogP contribution in [-0.2, 0) is 9.53 Å². The molecule has 0 bridgehead atoms. The van der Waals surface area contributed by atoms with Crippen molar-refractivity contribution < 1.29 is 18.7 Å².